The first-order valence-electron chi connectivity index (χ1n) is 17.2. The number of nitrogens with zero attached hydrogens (tertiary/aromatic N) is 5. The van der Waals surface area contributed by atoms with Gasteiger partial charge in [0.1, 0.15) is 5.75 Å². The molecule has 0 radical (unpaired) electrons. The highest BCUT2D eigenvalue weighted by Gasteiger charge is 2.22. The maximum atomic E-state index is 12.7. The molecular formula is C38H41ClN8O8S. The Morgan fingerprint density at radius 3 is 1.89 bits per heavy atom. The van der Waals surface area contributed by atoms with E-state index in [2.05, 4.69) is 20.5 Å². The number of fused-ring (bicyclic) bond motifs is 1. The van der Waals surface area contributed by atoms with Crippen molar-refractivity contribution < 1.29 is 27.5 Å². The van der Waals surface area contributed by atoms with Crippen LogP contribution in [-0.4, -0.2) is 63.1 Å². The average Bonchev–Trinajstić information content (AvgIpc) is 3.77. The monoisotopic (exact) mass is 804 g/mol. The molecule has 3 aromatic carbocycles. The van der Waals surface area contributed by atoms with E-state index in [0.717, 1.165) is 39.9 Å². The van der Waals surface area contributed by atoms with Gasteiger partial charge in [-0.3, -0.25) is 19.5 Å². The molecule has 16 nitrogen and oxygen atoms in total. The van der Waals surface area contributed by atoms with Crippen LogP contribution in [-0.2, 0) is 28.9 Å². The Kier molecular flexibility index (Phi) is 12.2. The lowest BCUT2D eigenvalue weighted by atomic mass is 9.92. The predicted octanol–water partition coefficient (Wildman–Crippen LogP) is 5.98. The van der Waals surface area contributed by atoms with Crippen LogP contribution in [0.5, 0.6) is 5.75 Å². The minimum absolute atomic E-state index is 0.120. The van der Waals surface area contributed by atoms with Crippen LogP contribution in [0.2, 0.25) is 5.02 Å². The highest BCUT2D eigenvalue weighted by molar-refractivity contribution is 7.91. The highest BCUT2D eigenvalue weighted by Crippen LogP contribution is 2.35. The predicted molar refractivity (Wildman–Crippen MR) is 214 cm³/mol. The van der Waals surface area contributed by atoms with Crippen LogP contribution in [0.3, 0.4) is 0 Å². The van der Waals surface area contributed by atoms with Gasteiger partial charge < -0.3 is 14.5 Å². The second-order valence-corrected chi connectivity index (χ2v) is 15.5. The largest absolute Gasteiger partial charge is 0.465 e. The van der Waals surface area contributed by atoms with E-state index in [4.69, 9.17) is 21.1 Å². The molecule has 18 heteroatoms. The smallest absolute Gasteiger partial charge is 0.417 e. The normalized spacial score (nSPS) is 11.3. The number of methoxy groups -OCH3 is 1. The molecule has 3 N–H and O–H groups in total. The fourth-order valence-corrected chi connectivity index (χ4v) is 6.57. The van der Waals surface area contributed by atoms with Crippen molar-refractivity contribution in [3.05, 3.63) is 116 Å². The van der Waals surface area contributed by atoms with Gasteiger partial charge in [-0.2, -0.15) is 14.9 Å². The summed E-state index contributed by atoms with van der Waals surface area (Å²) in [6.45, 7) is 8.07. The Morgan fingerprint density at radius 2 is 1.39 bits per heavy atom. The molecule has 6 rings (SSSR count). The molecule has 6 aromatic rings. The van der Waals surface area contributed by atoms with Crippen LogP contribution < -0.4 is 26.1 Å². The summed E-state index contributed by atoms with van der Waals surface area (Å²) in [5.41, 5.74) is 4.43. The summed E-state index contributed by atoms with van der Waals surface area (Å²) in [4.78, 5) is 54.2. The number of sulfonamides is 1. The topological polar surface area (TPSA) is 201 Å². The summed E-state index contributed by atoms with van der Waals surface area (Å²) in [5, 5.41) is 11.8. The first-order valence-corrected chi connectivity index (χ1v) is 19.4. The molecule has 1 amide bonds. The molecule has 3 heterocycles. The van der Waals surface area contributed by atoms with Crippen molar-refractivity contribution >= 4 is 50.3 Å². The number of benzene rings is 3. The Hall–Kier alpha value is -6.20. The first kappa shape index (κ1) is 41.0. The van der Waals surface area contributed by atoms with Gasteiger partial charge in [0.15, 0.2) is 0 Å². The number of H-pyrrole nitrogens is 1. The molecule has 294 valence electrons. The number of halogens is 1. The third-order valence-corrected chi connectivity index (χ3v) is 9.38. The summed E-state index contributed by atoms with van der Waals surface area (Å²) in [6.07, 6.45) is 3.48. The summed E-state index contributed by atoms with van der Waals surface area (Å²) >= 11 is 5.85. The number of carbonyl (C=O) groups excluding carboxylic acids is 2. The lowest BCUT2D eigenvalue weighted by Crippen LogP contribution is -2.43. The number of anilines is 1. The number of aromatic amines is 1. The van der Waals surface area contributed by atoms with Gasteiger partial charge >= 0.3 is 17.8 Å². The van der Waals surface area contributed by atoms with Gasteiger partial charge in [0.25, 0.3) is 5.56 Å². The molecule has 0 aliphatic carbocycles. The molecular weight excluding hydrogens is 764 g/mol. The van der Waals surface area contributed by atoms with Crippen molar-refractivity contribution in [2.75, 3.05) is 23.5 Å². The van der Waals surface area contributed by atoms with Gasteiger partial charge in [-0.25, -0.2) is 27.6 Å². The van der Waals surface area contributed by atoms with Gasteiger partial charge in [0.05, 0.1) is 46.9 Å². The summed E-state index contributed by atoms with van der Waals surface area (Å²) in [5.74, 6) is 0.00133. The number of amides is 1. The maximum absolute atomic E-state index is 12.7. The van der Waals surface area contributed by atoms with E-state index >= 15 is 0 Å². The third-order valence-electron chi connectivity index (χ3n) is 8.62. The number of aryl methyl sites for hydroxylation is 2. The molecule has 0 atom stereocenters. The molecule has 0 aliphatic rings. The molecule has 0 saturated heterocycles. The first-order chi connectivity index (χ1) is 26.4. The highest BCUT2D eigenvalue weighted by atomic mass is 35.5. The van der Waals surface area contributed by atoms with Gasteiger partial charge in [-0.05, 0) is 83.6 Å². The Bertz CT molecular complexity index is 2660. The number of ether oxygens (including phenoxy) is 2. The van der Waals surface area contributed by atoms with Gasteiger partial charge in [0, 0.05) is 42.6 Å². The Morgan fingerprint density at radius 1 is 0.839 bits per heavy atom. The van der Waals surface area contributed by atoms with E-state index in [0.29, 0.717) is 26.7 Å². The average molecular weight is 805 g/mol. The van der Waals surface area contributed by atoms with Crippen LogP contribution in [0.25, 0.3) is 33.4 Å². The molecule has 0 bridgehead atoms. The zero-order chi connectivity index (χ0) is 41.1. The SMILES string of the molecule is CC(C)c1cc2[nH]c(=O)n(NS(C)(=O)=O)c(=O)c2cc1-c1ccnn1C.COC(=O)c1cc(-c2ccnn2C)c(C(C)C)cc1NC(=O)Oc1ccc(Cl)cc1. The zero-order valence-corrected chi connectivity index (χ0v) is 33.4. The van der Waals surface area contributed by atoms with E-state index in [1.807, 2.05) is 51.7 Å². The zero-order valence-electron chi connectivity index (χ0n) is 31.9. The molecule has 0 fully saturated rings. The van der Waals surface area contributed by atoms with Crippen molar-refractivity contribution in [1.82, 2.24) is 29.2 Å². The molecule has 0 unspecified atom stereocenters. The van der Waals surface area contributed by atoms with Gasteiger partial charge in [0.2, 0.25) is 10.0 Å². The van der Waals surface area contributed by atoms with Gasteiger partial charge in [-0.1, -0.05) is 39.3 Å². The number of esters is 1. The standard InChI is InChI=1S/C22H22ClN3O4.C16H19N5O4S/c1-13(2)16-12-19(25-22(28)30-15-7-5-14(23)6-8-15)18(21(27)29-4)11-17(16)20-9-10-24-26(20)3;1-9(2)10-8-13-12(7-11(10)14-5-6-17-20(14)3)15(22)21(16(23)18-13)19-26(4,24)25/h5-13H,1-4H3,(H,25,28);5-9,19H,1-4H3,(H,18,23). The van der Waals surface area contributed by atoms with Crippen LogP contribution in [0.1, 0.15) is 61.0 Å². The summed E-state index contributed by atoms with van der Waals surface area (Å²) < 4.78 is 37.0. The number of hydrogen-bond acceptors (Lipinski definition) is 10. The van der Waals surface area contributed by atoms with Crippen molar-refractivity contribution in [2.24, 2.45) is 14.1 Å². The van der Waals surface area contributed by atoms with E-state index in [1.54, 1.807) is 77.3 Å². The van der Waals surface area contributed by atoms with Crippen LogP contribution in [0.15, 0.2) is 82.6 Å². The number of hydrogen-bond donors (Lipinski definition) is 3. The second kappa shape index (κ2) is 16.7. The lowest BCUT2D eigenvalue weighted by Gasteiger charge is -2.18. The summed E-state index contributed by atoms with van der Waals surface area (Å²) in [6, 6.07) is 16.9. The van der Waals surface area contributed by atoms with Gasteiger partial charge in [-0.15, -0.1) is 0 Å². The molecule has 0 saturated carbocycles. The van der Waals surface area contributed by atoms with Crippen molar-refractivity contribution in [3.63, 3.8) is 0 Å². The molecule has 56 heavy (non-hydrogen) atoms. The van der Waals surface area contributed by atoms with Crippen molar-refractivity contribution in [3.8, 4) is 28.3 Å². The minimum atomic E-state index is -3.79. The maximum Gasteiger partial charge on any atom is 0.417 e. The summed E-state index contributed by atoms with van der Waals surface area (Å²) in [7, 11) is 1.11. The number of nitrogens with one attached hydrogen (secondary N) is 3. The minimum Gasteiger partial charge on any atom is -0.465 e. The van der Waals surface area contributed by atoms with E-state index in [1.165, 1.54) is 7.11 Å². The van der Waals surface area contributed by atoms with Crippen LogP contribution in [0, 0.1) is 0 Å². The third kappa shape index (κ3) is 9.18. The molecule has 0 aliphatic heterocycles. The van der Waals surface area contributed by atoms with Crippen LogP contribution in [0.4, 0.5) is 10.5 Å². The Balaban J connectivity index is 0.000000216. The van der Waals surface area contributed by atoms with Crippen molar-refractivity contribution in [1.29, 1.82) is 0 Å². The lowest BCUT2D eigenvalue weighted by molar-refractivity contribution is 0.0602. The van der Waals surface area contributed by atoms with E-state index in [9.17, 15) is 27.6 Å². The number of carbonyl (C=O) groups is 2. The Labute approximate surface area is 327 Å². The van der Waals surface area contributed by atoms with Crippen molar-refractivity contribution in [2.45, 2.75) is 39.5 Å². The fourth-order valence-electron chi connectivity index (χ4n) is 5.95. The van der Waals surface area contributed by atoms with E-state index in [-0.39, 0.29) is 22.8 Å². The van der Waals surface area contributed by atoms with E-state index < -0.39 is 33.3 Å². The second-order valence-electron chi connectivity index (χ2n) is 13.4. The number of rotatable bonds is 9. The fraction of sp³-hybridized carbons (Fsp3) is 0.263. The molecule has 0 spiro atoms. The number of aromatic nitrogens is 6. The molecule has 3 aromatic heterocycles. The quantitative estimate of drug-likeness (QED) is 0.146. The van der Waals surface area contributed by atoms with Crippen LogP contribution >= 0.6 is 11.6 Å².